The first-order valence-corrected chi connectivity index (χ1v) is 8.47. The maximum Gasteiger partial charge on any atom is 0.323 e. The fourth-order valence-electron chi connectivity index (χ4n) is 2.06. The minimum atomic E-state index is -1.15. The molecular weight excluding hydrogens is 324 g/mol. The summed E-state index contributed by atoms with van der Waals surface area (Å²) in [4.78, 5) is 24.7. The van der Waals surface area contributed by atoms with Gasteiger partial charge < -0.3 is 9.47 Å². The fourth-order valence-corrected chi connectivity index (χ4v) is 2.34. The summed E-state index contributed by atoms with van der Waals surface area (Å²) < 4.78 is 10.3. The van der Waals surface area contributed by atoms with Gasteiger partial charge in [-0.05, 0) is 45.4 Å². The third-order valence-corrected chi connectivity index (χ3v) is 3.78. The molecule has 0 saturated carbocycles. The van der Waals surface area contributed by atoms with Crippen LogP contribution < -0.4 is 0 Å². The number of halogens is 1. The van der Waals surface area contributed by atoms with Gasteiger partial charge in [0.25, 0.3) is 0 Å². The van der Waals surface area contributed by atoms with Crippen LogP contribution in [0.2, 0.25) is 0 Å². The number of hydrogen-bond donors (Lipinski definition) is 0. The van der Waals surface area contributed by atoms with Gasteiger partial charge >= 0.3 is 11.9 Å². The van der Waals surface area contributed by atoms with Crippen molar-refractivity contribution >= 4 is 27.9 Å². The highest BCUT2D eigenvalue weighted by Crippen LogP contribution is 2.35. The summed E-state index contributed by atoms with van der Waals surface area (Å²) in [6.45, 7) is 8.20. The van der Waals surface area contributed by atoms with Crippen LogP contribution in [0.3, 0.4) is 0 Å². The predicted molar refractivity (Wildman–Crippen MR) is 82.8 cm³/mol. The molecule has 0 bridgehead atoms. The van der Waals surface area contributed by atoms with Crippen molar-refractivity contribution in [3.8, 4) is 0 Å². The van der Waals surface area contributed by atoms with Crippen LogP contribution in [0.1, 0.15) is 53.4 Å². The quantitative estimate of drug-likeness (QED) is 0.342. The predicted octanol–water partition coefficient (Wildman–Crippen LogP) is 3.71. The van der Waals surface area contributed by atoms with E-state index in [4.69, 9.17) is 9.47 Å². The van der Waals surface area contributed by atoms with Gasteiger partial charge in [0.1, 0.15) is 0 Å². The van der Waals surface area contributed by atoms with E-state index in [2.05, 4.69) is 29.8 Å². The maximum atomic E-state index is 12.4. The van der Waals surface area contributed by atoms with E-state index < -0.39 is 17.4 Å². The molecule has 0 aliphatic heterocycles. The van der Waals surface area contributed by atoms with Gasteiger partial charge in [0.15, 0.2) is 5.41 Å². The molecule has 0 saturated heterocycles. The van der Waals surface area contributed by atoms with Gasteiger partial charge in [-0.3, -0.25) is 9.59 Å². The number of hydrogen-bond acceptors (Lipinski definition) is 4. The zero-order valence-electron chi connectivity index (χ0n) is 13.0. The molecule has 0 aliphatic rings. The van der Waals surface area contributed by atoms with Crippen LogP contribution >= 0.6 is 15.9 Å². The van der Waals surface area contributed by atoms with Gasteiger partial charge in [-0.1, -0.05) is 29.8 Å². The van der Waals surface area contributed by atoms with Crippen molar-refractivity contribution in [3.05, 3.63) is 0 Å². The molecule has 5 heteroatoms. The SMILES string of the molecule is CCOC(=O)C(CCCBr)(CCC(C)C)C(=O)OCC. The van der Waals surface area contributed by atoms with E-state index in [9.17, 15) is 9.59 Å². The van der Waals surface area contributed by atoms with Crippen LogP contribution in [0.15, 0.2) is 0 Å². The Labute approximate surface area is 130 Å². The summed E-state index contributed by atoms with van der Waals surface area (Å²) in [7, 11) is 0. The van der Waals surface area contributed by atoms with Gasteiger partial charge in [0.05, 0.1) is 13.2 Å². The molecule has 0 heterocycles. The van der Waals surface area contributed by atoms with Crippen molar-refractivity contribution in [1.82, 2.24) is 0 Å². The molecule has 0 aliphatic carbocycles. The molecule has 118 valence electrons. The molecule has 0 atom stereocenters. The van der Waals surface area contributed by atoms with E-state index in [1.807, 2.05) is 0 Å². The summed E-state index contributed by atoms with van der Waals surface area (Å²) in [5, 5.41) is 0.745. The van der Waals surface area contributed by atoms with E-state index in [0.717, 1.165) is 18.2 Å². The number of esters is 2. The van der Waals surface area contributed by atoms with Crippen LogP contribution in [-0.4, -0.2) is 30.5 Å². The van der Waals surface area contributed by atoms with Crippen LogP contribution in [0.25, 0.3) is 0 Å². The highest BCUT2D eigenvalue weighted by Gasteiger charge is 2.47. The lowest BCUT2D eigenvalue weighted by atomic mass is 9.77. The Bertz CT molecular complexity index is 284. The standard InChI is InChI=1S/C15H27BrO4/c1-5-19-13(17)15(9-7-11-16,10-8-12(3)4)14(18)20-6-2/h12H,5-11H2,1-4H3. The van der Waals surface area contributed by atoms with Gasteiger partial charge in [0, 0.05) is 5.33 Å². The highest BCUT2D eigenvalue weighted by atomic mass is 79.9. The van der Waals surface area contributed by atoms with Crippen molar-refractivity contribution in [1.29, 1.82) is 0 Å². The number of alkyl halides is 1. The first-order chi connectivity index (χ1) is 9.44. The van der Waals surface area contributed by atoms with Crippen molar-refractivity contribution < 1.29 is 19.1 Å². The van der Waals surface area contributed by atoms with Crippen LogP contribution in [0.5, 0.6) is 0 Å². The average Bonchev–Trinajstić information content (AvgIpc) is 2.39. The Hall–Kier alpha value is -0.580. The zero-order valence-corrected chi connectivity index (χ0v) is 14.6. The second kappa shape index (κ2) is 10.2. The minimum absolute atomic E-state index is 0.274. The Morgan fingerprint density at radius 1 is 1.05 bits per heavy atom. The topological polar surface area (TPSA) is 52.6 Å². The number of ether oxygens (including phenoxy) is 2. The molecule has 0 radical (unpaired) electrons. The molecule has 0 spiro atoms. The molecule has 0 aromatic carbocycles. The number of rotatable bonds is 10. The first-order valence-electron chi connectivity index (χ1n) is 7.35. The number of carbonyl (C=O) groups is 2. The lowest BCUT2D eigenvalue weighted by Gasteiger charge is -2.29. The lowest BCUT2D eigenvalue weighted by molar-refractivity contribution is -0.173. The normalized spacial score (nSPS) is 11.5. The smallest absolute Gasteiger partial charge is 0.323 e. The van der Waals surface area contributed by atoms with E-state index in [-0.39, 0.29) is 13.2 Å². The molecular formula is C15H27BrO4. The van der Waals surface area contributed by atoms with Gasteiger partial charge in [0.2, 0.25) is 0 Å². The molecule has 0 aromatic rings. The molecule has 0 rings (SSSR count). The summed E-state index contributed by atoms with van der Waals surface area (Å²) in [6, 6.07) is 0. The number of carbonyl (C=O) groups excluding carboxylic acids is 2. The Morgan fingerprint density at radius 2 is 1.55 bits per heavy atom. The monoisotopic (exact) mass is 350 g/mol. The van der Waals surface area contributed by atoms with Gasteiger partial charge in [-0.2, -0.15) is 0 Å². The Morgan fingerprint density at radius 3 is 1.90 bits per heavy atom. The highest BCUT2D eigenvalue weighted by molar-refractivity contribution is 9.09. The lowest BCUT2D eigenvalue weighted by Crippen LogP contribution is -2.42. The Balaban J connectivity index is 5.25. The maximum absolute atomic E-state index is 12.4. The van der Waals surface area contributed by atoms with Crippen LogP contribution in [0.4, 0.5) is 0 Å². The van der Waals surface area contributed by atoms with Crippen LogP contribution in [-0.2, 0) is 19.1 Å². The molecule has 0 unspecified atom stereocenters. The van der Waals surface area contributed by atoms with Crippen molar-refractivity contribution in [2.24, 2.45) is 11.3 Å². The molecule has 20 heavy (non-hydrogen) atoms. The van der Waals surface area contributed by atoms with E-state index in [0.29, 0.717) is 18.8 Å². The molecule has 0 aromatic heterocycles. The van der Waals surface area contributed by atoms with Gasteiger partial charge in [-0.15, -0.1) is 0 Å². The molecule has 4 nitrogen and oxygen atoms in total. The van der Waals surface area contributed by atoms with Gasteiger partial charge in [-0.25, -0.2) is 0 Å². The van der Waals surface area contributed by atoms with Crippen molar-refractivity contribution in [3.63, 3.8) is 0 Å². The third kappa shape index (κ3) is 5.81. The van der Waals surface area contributed by atoms with Crippen LogP contribution in [0, 0.1) is 11.3 Å². The Kier molecular flexibility index (Phi) is 9.90. The fraction of sp³-hybridized carbons (Fsp3) is 0.867. The summed E-state index contributed by atoms with van der Waals surface area (Å²) >= 11 is 3.35. The first kappa shape index (κ1) is 19.4. The second-order valence-electron chi connectivity index (χ2n) is 5.25. The van der Waals surface area contributed by atoms with Crippen molar-refractivity contribution in [2.75, 3.05) is 18.5 Å². The minimum Gasteiger partial charge on any atom is -0.465 e. The zero-order chi connectivity index (χ0) is 15.6. The van der Waals surface area contributed by atoms with Crippen molar-refractivity contribution in [2.45, 2.75) is 53.4 Å². The molecule has 0 amide bonds. The summed E-state index contributed by atoms with van der Waals surface area (Å²) in [5.41, 5.74) is -1.15. The molecule has 0 fully saturated rings. The van der Waals surface area contributed by atoms with E-state index in [1.165, 1.54) is 0 Å². The summed E-state index contributed by atoms with van der Waals surface area (Å²) in [6.07, 6.45) is 2.47. The van der Waals surface area contributed by atoms with E-state index in [1.54, 1.807) is 13.8 Å². The summed E-state index contributed by atoms with van der Waals surface area (Å²) in [5.74, 6) is -0.470. The van der Waals surface area contributed by atoms with E-state index >= 15 is 0 Å². The second-order valence-corrected chi connectivity index (χ2v) is 6.04. The third-order valence-electron chi connectivity index (χ3n) is 3.22. The largest absolute Gasteiger partial charge is 0.465 e. The molecule has 0 N–H and O–H groups in total. The average molecular weight is 351 g/mol.